The van der Waals surface area contributed by atoms with E-state index in [1.54, 1.807) is 11.3 Å². The number of aromatic nitrogens is 1. The Balaban J connectivity index is 1.94. The lowest BCUT2D eigenvalue weighted by atomic mass is 10.1. The lowest BCUT2D eigenvalue weighted by Gasteiger charge is -2.12. The van der Waals surface area contributed by atoms with Gasteiger partial charge in [-0.3, -0.25) is 4.98 Å². The summed E-state index contributed by atoms with van der Waals surface area (Å²) in [4.78, 5) is 5.33. The number of rotatable bonds is 4. The molecule has 17 heavy (non-hydrogen) atoms. The molecule has 0 spiro atoms. The van der Waals surface area contributed by atoms with E-state index in [0.29, 0.717) is 6.04 Å². The van der Waals surface area contributed by atoms with Gasteiger partial charge in [-0.2, -0.15) is 0 Å². The maximum atomic E-state index is 4.02. The van der Waals surface area contributed by atoms with Crippen LogP contribution in [0.1, 0.15) is 23.4 Å². The van der Waals surface area contributed by atoms with Gasteiger partial charge in [0, 0.05) is 34.3 Å². The molecule has 1 atom stereocenters. The highest BCUT2D eigenvalue weighted by atomic mass is 79.9. The number of thiophene rings is 1. The quantitative estimate of drug-likeness (QED) is 0.849. The Labute approximate surface area is 122 Å². The third-order valence-electron chi connectivity index (χ3n) is 2.48. The first-order valence-corrected chi connectivity index (χ1v) is 7.64. The molecule has 0 saturated heterocycles. The molecular formula is C12H12Br2N2S. The summed E-state index contributed by atoms with van der Waals surface area (Å²) < 4.78 is 2.27. The Morgan fingerprint density at radius 2 is 2.06 bits per heavy atom. The normalized spacial score (nSPS) is 12.6. The van der Waals surface area contributed by atoms with Crippen molar-refractivity contribution in [3.8, 4) is 0 Å². The van der Waals surface area contributed by atoms with Crippen molar-refractivity contribution in [1.29, 1.82) is 0 Å². The predicted molar refractivity (Wildman–Crippen MR) is 79.2 cm³/mol. The fraction of sp³-hybridized carbons (Fsp3) is 0.250. The van der Waals surface area contributed by atoms with Crippen LogP contribution in [0.4, 0.5) is 0 Å². The molecule has 2 rings (SSSR count). The second-order valence-corrected chi connectivity index (χ2v) is 7.03. The van der Waals surface area contributed by atoms with Gasteiger partial charge in [0.2, 0.25) is 0 Å². The molecular weight excluding hydrogens is 364 g/mol. The van der Waals surface area contributed by atoms with Gasteiger partial charge in [-0.1, -0.05) is 0 Å². The SMILES string of the molecule is CC(NCc1cc(Br)c(Br)s1)c1ccncc1. The zero-order chi connectivity index (χ0) is 12.3. The van der Waals surface area contributed by atoms with Gasteiger partial charge in [-0.15, -0.1) is 11.3 Å². The van der Waals surface area contributed by atoms with Crippen molar-refractivity contribution in [3.05, 3.63) is 49.3 Å². The van der Waals surface area contributed by atoms with E-state index in [4.69, 9.17) is 0 Å². The first-order chi connectivity index (χ1) is 8.16. The number of pyridine rings is 1. The first kappa shape index (κ1) is 13.2. The number of hydrogen-bond donors (Lipinski definition) is 1. The van der Waals surface area contributed by atoms with Crippen molar-refractivity contribution in [3.63, 3.8) is 0 Å². The highest BCUT2D eigenvalue weighted by Crippen LogP contribution is 2.32. The molecule has 1 N–H and O–H groups in total. The molecule has 0 aliphatic heterocycles. The van der Waals surface area contributed by atoms with E-state index in [-0.39, 0.29) is 0 Å². The minimum atomic E-state index is 0.331. The van der Waals surface area contributed by atoms with E-state index in [9.17, 15) is 0 Å². The van der Waals surface area contributed by atoms with E-state index in [1.165, 1.54) is 10.4 Å². The highest BCUT2D eigenvalue weighted by Gasteiger charge is 2.07. The van der Waals surface area contributed by atoms with Crippen molar-refractivity contribution in [1.82, 2.24) is 10.3 Å². The van der Waals surface area contributed by atoms with Crippen molar-refractivity contribution >= 4 is 43.2 Å². The molecule has 0 bridgehead atoms. The Morgan fingerprint density at radius 3 is 2.65 bits per heavy atom. The summed E-state index contributed by atoms with van der Waals surface area (Å²) in [6.07, 6.45) is 3.65. The minimum absolute atomic E-state index is 0.331. The molecule has 2 nitrogen and oxygen atoms in total. The predicted octanol–water partition coefficient (Wildman–Crippen LogP) is 4.52. The number of nitrogens with one attached hydrogen (secondary N) is 1. The Bertz CT molecular complexity index is 465. The van der Waals surface area contributed by atoms with Crippen LogP contribution < -0.4 is 5.32 Å². The third kappa shape index (κ3) is 3.61. The summed E-state index contributed by atoms with van der Waals surface area (Å²) >= 11 is 8.75. The van der Waals surface area contributed by atoms with Gasteiger partial charge in [0.05, 0.1) is 3.79 Å². The van der Waals surface area contributed by atoms with Crippen LogP contribution in [-0.2, 0) is 6.54 Å². The van der Waals surface area contributed by atoms with Crippen molar-refractivity contribution < 1.29 is 0 Å². The van der Waals surface area contributed by atoms with Gasteiger partial charge in [-0.05, 0) is 62.5 Å². The molecule has 1 unspecified atom stereocenters. The second kappa shape index (κ2) is 6.09. The molecule has 0 aromatic carbocycles. The molecule has 0 amide bonds. The summed E-state index contributed by atoms with van der Waals surface area (Å²) in [5.74, 6) is 0. The Morgan fingerprint density at radius 1 is 1.35 bits per heavy atom. The Kier molecular flexibility index (Phi) is 4.73. The average molecular weight is 376 g/mol. The van der Waals surface area contributed by atoms with Gasteiger partial charge >= 0.3 is 0 Å². The van der Waals surface area contributed by atoms with E-state index in [2.05, 4.69) is 55.2 Å². The standard InChI is InChI=1S/C12H12Br2N2S/c1-8(9-2-4-15-5-3-9)16-7-10-6-11(13)12(14)17-10/h2-6,8,16H,7H2,1H3. The molecule has 2 heterocycles. The van der Waals surface area contributed by atoms with Crippen LogP contribution in [0.25, 0.3) is 0 Å². The third-order valence-corrected chi connectivity index (χ3v) is 5.74. The molecule has 0 aliphatic rings. The number of hydrogen-bond acceptors (Lipinski definition) is 3. The fourth-order valence-corrected chi connectivity index (χ4v) is 3.63. The van der Waals surface area contributed by atoms with E-state index < -0.39 is 0 Å². The number of nitrogens with zero attached hydrogens (tertiary/aromatic N) is 1. The topological polar surface area (TPSA) is 24.9 Å². The maximum Gasteiger partial charge on any atom is 0.0843 e. The van der Waals surface area contributed by atoms with E-state index >= 15 is 0 Å². The van der Waals surface area contributed by atoms with Crippen LogP contribution in [-0.4, -0.2) is 4.98 Å². The van der Waals surface area contributed by atoms with Crippen molar-refractivity contribution in [2.24, 2.45) is 0 Å². The van der Waals surface area contributed by atoms with Crippen LogP contribution >= 0.6 is 43.2 Å². The molecule has 2 aromatic heterocycles. The zero-order valence-electron chi connectivity index (χ0n) is 9.28. The molecule has 0 saturated carbocycles. The van der Waals surface area contributed by atoms with Crippen LogP contribution in [0.5, 0.6) is 0 Å². The summed E-state index contributed by atoms with van der Waals surface area (Å²) in [6.45, 7) is 3.03. The largest absolute Gasteiger partial charge is 0.305 e. The van der Waals surface area contributed by atoms with E-state index in [1.807, 2.05) is 24.5 Å². The number of halogens is 2. The van der Waals surface area contributed by atoms with E-state index in [0.717, 1.165) is 14.8 Å². The summed E-state index contributed by atoms with van der Waals surface area (Å²) in [7, 11) is 0. The first-order valence-electron chi connectivity index (χ1n) is 5.24. The molecule has 0 radical (unpaired) electrons. The van der Waals surface area contributed by atoms with Crippen molar-refractivity contribution in [2.45, 2.75) is 19.5 Å². The van der Waals surface area contributed by atoms with Gasteiger partial charge in [0.15, 0.2) is 0 Å². The summed E-state index contributed by atoms with van der Waals surface area (Å²) in [5, 5.41) is 3.50. The smallest absolute Gasteiger partial charge is 0.0843 e. The highest BCUT2D eigenvalue weighted by molar-refractivity contribution is 9.13. The van der Waals surface area contributed by atoms with Gasteiger partial charge in [-0.25, -0.2) is 0 Å². The second-order valence-electron chi connectivity index (χ2n) is 3.72. The Hall–Kier alpha value is -0.230. The minimum Gasteiger partial charge on any atom is -0.305 e. The van der Waals surface area contributed by atoms with Gasteiger partial charge in [0.25, 0.3) is 0 Å². The molecule has 0 aliphatic carbocycles. The maximum absolute atomic E-state index is 4.02. The lowest BCUT2D eigenvalue weighted by molar-refractivity contribution is 0.578. The zero-order valence-corrected chi connectivity index (χ0v) is 13.3. The van der Waals surface area contributed by atoms with Crippen molar-refractivity contribution in [2.75, 3.05) is 0 Å². The molecule has 2 aromatic rings. The molecule has 5 heteroatoms. The van der Waals surface area contributed by atoms with Crippen LogP contribution in [0, 0.1) is 0 Å². The van der Waals surface area contributed by atoms with Gasteiger partial charge in [0.1, 0.15) is 0 Å². The fourth-order valence-electron chi connectivity index (χ4n) is 1.50. The van der Waals surface area contributed by atoms with Crippen LogP contribution in [0.2, 0.25) is 0 Å². The molecule has 0 fully saturated rings. The summed E-state index contributed by atoms with van der Waals surface area (Å²) in [6, 6.07) is 6.55. The summed E-state index contributed by atoms with van der Waals surface area (Å²) in [5.41, 5.74) is 1.26. The van der Waals surface area contributed by atoms with Crippen LogP contribution in [0.3, 0.4) is 0 Å². The van der Waals surface area contributed by atoms with Crippen LogP contribution in [0.15, 0.2) is 38.9 Å². The molecule has 90 valence electrons. The lowest BCUT2D eigenvalue weighted by Crippen LogP contribution is -2.17. The van der Waals surface area contributed by atoms with Gasteiger partial charge < -0.3 is 5.32 Å². The monoisotopic (exact) mass is 374 g/mol. The average Bonchev–Trinajstić information content (AvgIpc) is 2.67.